The average Bonchev–Trinajstić information content (AvgIpc) is 2.72. The number of aryl methyl sites for hydroxylation is 1. The van der Waals surface area contributed by atoms with Gasteiger partial charge in [0.05, 0.1) is 39.5 Å². The third kappa shape index (κ3) is 6.05. The monoisotopic (exact) mass is 415 g/mol. The molecule has 160 valence electrons. The minimum absolute atomic E-state index is 0.140. The molecule has 0 bridgehead atoms. The van der Waals surface area contributed by atoms with Gasteiger partial charge in [-0.15, -0.1) is 0 Å². The Hall–Kier alpha value is -3.39. The van der Waals surface area contributed by atoms with Gasteiger partial charge in [-0.05, 0) is 37.3 Å². The van der Waals surface area contributed by atoms with Crippen molar-refractivity contribution in [3.63, 3.8) is 0 Å². The highest BCUT2D eigenvalue weighted by atomic mass is 16.5. The van der Waals surface area contributed by atoms with E-state index in [-0.39, 0.29) is 23.6 Å². The van der Waals surface area contributed by atoms with Crippen molar-refractivity contribution < 1.29 is 33.5 Å². The maximum atomic E-state index is 12.5. The van der Waals surface area contributed by atoms with Crippen LogP contribution in [0, 0.1) is 6.92 Å². The first-order valence-corrected chi connectivity index (χ1v) is 9.33. The van der Waals surface area contributed by atoms with E-state index in [1.807, 2.05) is 32.2 Å². The van der Waals surface area contributed by atoms with Crippen molar-refractivity contribution in [2.45, 2.75) is 13.5 Å². The third-order valence-corrected chi connectivity index (χ3v) is 4.45. The predicted octanol–water partition coefficient (Wildman–Crippen LogP) is 1.23. The molecule has 0 aliphatic carbocycles. The number of hydrogen-bond donors (Lipinski definition) is 2. The number of carbonyl (C=O) groups is 3. The Morgan fingerprint density at radius 2 is 1.53 bits per heavy atom. The Kier molecular flexibility index (Phi) is 7.94. The molecule has 0 saturated carbocycles. The van der Waals surface area contributed by atoms with E-state index in [2.05, 4.69) is 5.32 Å². The summed E-state index contributed by atoms with van der Waals surface area (Å²) in [6.07, 6.45) is 0. The van der Waals surface area contributed by atoms with E-state index in [1.54, 1.807) is 7.11 Å². The number of rotatable bonds is 8. The van der Waals surface area contributed by atoms with Crippen LogP contribution < -0.4 is 15.0 Å². The summed E-state index contributed by atoms with van der Waals surface area (Å²) in [5.41, 5.74) is 2.70. The normalized spacial score (nSPS) is 11.4. The molecule has 2 rings (SSSR count). The third-order valence-electron chi connectivity index (χ3n) is 4.45. The second-order valence-corrected chi connectivity index (χ2v) is 6.96. The molecular formula is C22H27N2O6+. The van der Waals surface area contributed by atoms with E-state index >= 15 is 0 Å². The first kappa shape index (κ1) is 22.9. The number of hydrogen-bond acceptors (Lipinski definition) is 6. The Labute approximate surface area is 175 Å². The molecule has 0 spiro atoms. The zero-order chi connectivity index (χ0) is 22.3. The fourth-order valence-electron chi connectivity index (χ4n) is 3.08. The molecule has 0 radical (unpaired) electrons. The summed E-state index contributed by atoms with van der Waals surface area (Å²) in [5.74, 6) is -0.734. The summed E-state index contributed by atoms with van der Waals surface area (Å²) >= 11 is 0. The second kappa shape index (κ2) is 10.4. The first-order chi connectivity index (χ1) is 14.3. The minimum atomic E-state index is -0.620. The van der Waals surface area contributed by atoms with E-state index in [0.717, 1.165) is 21.8 Å². The van der Waals surface area contributed by atoms with E-state index in [9.17, 15) is 14.4 Å². The van der Waals surface area contributed by atoms with Crippen LogP contribution in [0.4, 0.5) is 5.69 Å². The summed E-state index contributed by atoms with van der Waals surface area (Å²) in [4.78, 5) is 37.2. The molecule has 2 N–H and O–H groups in total. The minimum Gasteiger partial charge on any atom is -0.496 e. The molecule has 1 atom stereocenters. The number of likely N-dealkylation sites (N-methyl/N-ethyl adjacent to an activating group) is 1. The number of carbonyl (C=O) groups excluding carboxylic acids is 3. The van der Waals surface area contributed by atoms with E-state index < -0.39 is 11.9 Å². The van der Waals surface area contributed by atoms with Gasteiger partial charge in [0.25, 0.3) is 5.91 Å². The molecule has 0 heterocycles. The van der Waals surface area contributed by atoms with Crippen molar-refractivity contribution in [3.05, 3.63) is 58.7 Å². The quantitative estimate of drug-likeness (QED) is 0.630. The lowest BCUT2D eigenvalue weighted by atomic mass is 10.1. The largest absolute Gasteiger partial charge is 0.496 e. The fourth-order valence-corrected chi connectivity index (χ4v) is 3.08. The van der Waals surface area contributed by atoms with Crippen LogP contribution in [0.25, 0.3) is 0 Å². The molecule has 8 nitrogen and oxygen atoms in total. The number of benzene rings is 2. The van der Waals surface area contributed by atoms with Crippen molar-refractivity contribution >= 4 is 23.5 Å². The van der Waals surface area contributed by atoms with Crippen molar-refractivity contribution in [1.82, 2.24) is 0 Å². The SMILES string of the molecule is COC(=O)c1cc(NC(=O)C[NH+](C)Cc2cc(C)ccc2OC)cc(C(=O)OC)c1. The van der Waals surface area contributed by atoms with Crippen molar-refractivity contribution in [3.8, 4) is 5.75 Å². The van der Waals surface area contributed by atoms with Gasteiger partial charge in [0.15, 0.2) is 6.54 Å². The highest BCUT2D eigenvalue weighted by Gasteiger charge is 2.17. The van der Waals surface area contributed by atoms with Gasteiger partial charge in [-0.25, -0.2) is 9.59 Å². The number of anilines is 1. The Bertz CT molecular complexity index is 907. The van der Waals surface area contributed by atoms with Crippen LogP contribution in [0.3, 0.4) is 0 Å². The van der Waals surface area contributed by atoms with Crippen LogP contribution in [-0.4, -0.2) is 52.8 Å². The van der Waals surface area contributed by atoms with Crippen molar-refractivity contribution in [2.24, 2.45) is 0 Å². The molecule has 0 aliphatic heterocycles. The van der Waals surface area contributed by atoms with E-state index in [4.69, 9.17) is 14.2 Å². The van der Waals surface area contributed by atoms with Gasteiger partial charge in [-0.1, -0.05) is 11.6 Å². The summed E-state index contributed by atoms with van der Waals surface area (Å²) in [5, 5.41) is 2.73. The van der Waals surface area contributed by atoms with Gasteiger partial charge in [0.1, 0.15) is 12.3 Å². The van der Waals surface area contributed by atoms with Gasteiger partial charge < -0.3 is 24.4 Å². The standard InChI is InChI=1S/C22H26N2O6/c1-14-6-7-19(28-3)17(8-14)12-24(2)13-20(25)23-18-10-15(21(26)29-4)9-16(11-18)22(27)30-5/h6-11H,12-13H2,1-5H3,(H,23,25)/p+1. The molecule has 30 heavy (non-hydrogen) atoms. The Morgan fingerprint density at radius 3 is 2.07 bits per heavy atom. The van der Waals surface area contributed by atoms with Gasteiger partial charge >= 0.3 is 11.9 Å². The second-order valence-electron chi connectivity index (χ2n) is 6.96. The Morgan fingerprint density at radius 1 is 0.933 bits per heavy atom. The van der Waals surface area contributed by atoms with E-state index in [0.29, 0.717) is 12.2 Å². The number of methoxy groups -OCH3 is 3. The summed E-state index contributed by atoms with van der Waals surface area (Å²) in [6.45, 7) is 2.76. The van der Waals surface area contributed by atoms with Gasteiger partial charge in [-0.2, -0.15) is 0 Å². The molecule has 1 amide bonds. The lowest BCUT2D eigenvalue weighted by Crippen LogP contribution is -3.08. The highest BCUT2D eigenvalue weighted by molar-refractivity contribution is 5.99. The number of esters is 2. The molecular weight excluding hydrogens is 388 g/mol. The van der Waals surface area contributed by atoms with Crippen LogP contribution in [0.5, 0.6) is 5.75 Å². The lowest BCUT2D eigenvalue weighted by molar-refractivity contribution is -0.885. The Balaban J connectivity index is 2.12. The molecule has 8 heteroatoms. The van der Waals surface area contributed by atoms with Crippen molar-refractivity contribution in [2.75, 3.05) is 40.2 Å². The molecule has 2 aromatic carbocycles. The molecule has 0 aromatic heterocycles. The average molecular weight is 415 g/mol. The number of ether oxygens (including phenoxy) is 3. The fraction of sp³-hybridized carbons (Fsp3) is 0.318. The van der Waals surface area contributed by atoms with Crippen LogP contribution in [0.2, 0.25) is 0 Å². The zero-order valence-corrected chi connectivity index (χ0v) is 17.8. The van der Waals surface area contributed by atoms with Crippen LogP contribution in [-0.2, 0) is 20.8 Å². The number of amides is 1. The molecule has 0 saturated heterocycles. The van der Waals surface area contributed by atoms with Crippen molar-refractivity contribution in [1.29, 1.82) is 0 Å². The maximum Gasteiger partial charge on any atom is 0.337 e. The summed E-state index contributed by atoms with van der Waals surface area (Å²) in [6, 6.07) is 10.2. The highest BCUT2D eigenvalue weighted by Crippen LogP contribution is 2.19. The molecule has 0 aliphatic rings. The van der Waals surface area contributed by atoms with Crippen LogP contribution in [0.15, 0.2) is 36.4 Å². The molecule has 0 fully saturated rings. The zero-order valence-electron chi connectivity index (χ0n) is 17.8. The number of nitrogens with one attached hydrogen (secondary N) is 2. The van der Waals surface area contributed by atoms with Gasteiger partial charge in [0, 0.05) is 11.3 Å². The van der Waals surface area contributed by atoms with Crippen LogP contribution in [0.1, 0.15) is 31.8 Å². The maximum absolute atomic E-state index is 12.5. The lowest BCUT2D eigenvalue weighted by Gasteiger charge is -2.16. The van der Waals surface area contributed by atoms with Gasteiger partial charge in [0.2, 0.25) is 0 Å². The summed E-state index contributed by atoms with van der Waals surface area (Å²) in [7, 11) is 5.99. The summed E-state index contributed by atoms with van der Waals surface area (Å²) < 4.78 is 14.8. The van der Waals surface area contributed by atoms with Crippen LogP contribution >= 0.6 is 0 Å². The smallest absolute Gasteiger partial charge is 0.337 e. The predicted molar refractivity (Wildman–Crippen MR) is 111 cm³/mol. The number of quaternary nitrogens is 1. The van der Waals surface area contributed by atoms with E-state index in [1.165, 1.54) is 32.4 Å². The first-order valence-electron chi connectivity index (χ1n) is 9.33. The molecule has 2 aromatic rings. The topological polar surface area (TPSA) is 95.4 Å². The molecule has 1 unspecified atom stereocenters. The van der Waals surface area contributed by atoms with Gasteiger partial charge in [-0.3, -0.25) is 4.79 Å².